The zero-order valence-electron chi connectivity index (χ0n) is 8.45. The third-order valence-corrected chi connectivity index (χ3v) is 2.72. The minimum absolute atomic E-state index is 0.260. The molecule has 0 aromatic heterocycles. The molecule has 1 aliphatic heterocycles. The molecule has 1 heterocycles. The monoisotopic (exact) mass is 182 g/mol. The zero-order chi connectivity index (χ0) is 9.90. The summed E-state index contributed by atoms with van der Waals surface area (Å²) in [6.45, 7) is 5.94. The van der Waals surface area contributed by atoms with E-state index in [0.29, 0.717) is 12.6 Å². The lowest BCUT2D eigenvalue weighted by Gasteiger charge is -2.40. The molecule has 0 spiro atoms. The fourth-order valence-corrected chi connectivity index (χ4v) is 1.88. The van der Waals surface area contributed by atoms with Crippen molar-refractivity contribution in [2.45, 2.75) is 44.8 Å². The Morgan fingerprint density at radius 3 is 2.85 bits per heavy atom. The van der Waals surface area contributed by atoms with Gasteiger partial charge in [0.05, 0.1) is 18.1 Å². The summed E-state index contributed by atoms with van der Waals surface area (Å²) in [4.78, 5) is 2.24. The van der Waals surface area contributed by atoms with Crippen molar-refractivity contribution in [3.05, 3.63) is 0 Å². The summed E-state index contributed by atoms with van der Waals surface area (Å²) in [6, 6.07) is 2.52. The maximum atomic E-state index is 10.0. The molecule has 3 heteroatoms. The number of hydrogen-bond acceptors (Lipinski definition) is 3. The molecule has 74 valence electrons. The Labute approximate surface area is 80.0 Å². The summed E-state index contributed by atoms with van der Waals surface area (Å²) in [5.74, 6) is 0. The van der Waals surface area contributed by atoms with Gasteiger partial charge in [0.15, 0.2) is 0 Å². The van der Waals surface area contributed by atoms with Gasteiger partial charge in [-0.15, -0.1) is 0 Å². The van der Waals surface area contributed by atoms with E-state index in [9.17, 15) is 5.11 Å². The van der Waals surface area contributed by atoms with E-state index in [2.05, 4.69) is 24.8 Å². The minimum Gasteiger partial charge on any atom is -0.387 e. The van der Waals surface area contributed by atoms with E-state index in [-0.39, 0.29) is 6.42 Å². The van der Waals surface area contributed by atoms with Gasteiger partial charge in [0.2, 0.25) is 0 Å². The molecule has 1 saturated heterocycles. The quantitative estimate of drug-likeness (QED) is 0.696. The molecule has 0 bridgehead atoms. The van der Waals surface area contributed by atoms with E-state index in [0.717, 1.165) is 19.4 Å². The highest BCUT2D eigenvalue weighted by molar-refractivity contribution is 4.94. The molecule has 0 saturated carbocycles. The van der Waals surface area contributed by atoms with Gasteiger partial charge in [0.25, 0.3) is 0 Å². The normalized spacial score (nSPS) is 30.4. The Balaban J connectivity index is 2.55. The lowest BCUT2D eigenvalue weighted by atomic mass is 9.89. The van der Waals surface area contributed by atoms with Crippen LogP contribution in [0.3, 0.4) is 0 Å². The number of rotatable bonds is 2. The first kappa shape index (κ1) is 10.5. The number of nitriles is 1. The first-order valence-electron chi connectivity index (χ1n) is 4.91. The summed E-state index contributed by atoms with van der Waals surface area (Å²) in [5.41, 5.74) is -0.753. The summed E-state index contributed by atoms with van der Waals surface area (Å²) in [6.07, 6.45) is 2.02. The Bertz CT molecular complexity index is 209. The molecule has 1 fully saturated rings. The largest absolute Gasteiger partial charge is 0.387 e. The molecule has 3 nitrogen and oxygen atoms in total. The Morgan fingerprint density at radius 2 is 2.31 bits per heavy atom. The molecule has 0 aliphatic carbocycles. The van der Waals surface area contributed by atoms with Crippen LogP contribution in [0.25, 0.3) is 0 Å². The van der Waals surface area contributed by atoms with Gasteiger partial charge in [-0.25, -0.2) is 0 Å². The second-order valence-corrected chi connectivity index (χ2v) is 4.23. The molecule has 0 aromatic carbocycles. The first-order chi connectivity index (χ1) is 6.07. The van der Waals surface area contributed by atoms with Crippen LogP contribution < -0.4 is 0 Å². The van der Waals surface area contributed by atoms with Crippen molar-refractivity contribution in [2.24, 2.45) is 0 Å². The second-order valence-electron chi connectivity index (χ2n) is 4.23. The fourth-order valence-electron chi connectivity index (χ4n) is 1.88. The number of piperidine rings is 1. The van der Waals surface area contributed by atoms with Crippen molar-refractivity contribution in [1.82, 2.24) is 4.90 Å². The molecule has 1 N–H and O–H groups in total. The van der Waals surface area contributed by atoms with Crippen molar-refractivity contribution in [3.8, 4) is 6.07 Å². The van der Waals surface area contributed by atoms with Crippen molar-refractivity contribution in [2.75, 3.05) is 13.1 Å². The van der Waals surface area contributed by atoms with Crippen LogP contribution in [0.2, 0.25) is 0 Å². The number of nitrogens with zero attached hydrogens (tertiary/aromatic N) is 2. The molecule has 0 amide bonds. The van der Waals surface area contributed by atoms with Gasteiger partial charge in [-0.3, -0.25) is 4.90 Å². The smallest absolute Gasteiger partial charge is 0.0903 e. The average Bonchev–Trinajstić information content (AvgIpc) is 2.04. The highest BCUT2D eigenvalue weighted by atomic mass is 16.3. The maximum Gasteiger partial charge on any atom is 0.0903 e. The molecular weight excluding hydrogens is 164 g/mol. The Kier molecular flexibility index (Phi) is 3.29. The summed E-state index contributed by atoms with van der Waals surface area (Å²) in [7, 11) is 0. The van der Waals surface area contributed by atoms with Crippen LogP contribution >= 0.6 is 0 Å². The van der Waals surface area contributed by atoms with Crippen LogP contribution in [0.4, 0.5) is 0 Å². The van der Waals surface area contributed by atoms with Crippen LogP contribution in [0.5, 0.6) is 0 Å². The third kappa shape index (κ3) is 2.68. The molecule has 1 unspecified atom stereocenters. The molecule has 1 aliphatic rings. The number of β-amino-alcohol motifs (C(OH)–C–C–N with tert-alkyl or cyclic N) is 1. The van der Waals surface area contributed by atoms with E-state index >= 15 is 0 Å². The van der Waals surface area contributed by atoms with E-state index in [4.69, 9.17) is 5.26 Å². The molecule has 1 rings (SSSR count). The number of aliphatic hydroxyl groups is 1. The Morgan fingerprint density at radius 1 is 1.62 bits per heavy atom. The van der Waals surface area contributed by atoms with Crippen LogP contribution in [0.15, 0.2) is 0 Å². The lowest BCUT2D eigenvalue weighted by molar-refractivity contribution is -0.0360. The SMILES string of the molecule is CC(C)N1CCCC(O)(CC#N)C1. The molecule has 0 radical (unpaired) electrons. The first-order valence-corrected chi connectivity index (χ1v) is 4.91. The maximum absolute atomic E-state index is 10.0. The number of hydrogen-bond donors (Lipinski definition) is 1. The van der Waals surface area contributed by atoms with Gasteiger partial charge < -0.3 is 5.11 Å². The van der Waals surface area contributed by atoms with Crippen LogP contribution in [-0.2, 0) is 0 Å². The predicted octanol–water partition coefficient (Wildman–Crippen LogP) is 1.14. The van der Waals surface area contributed by atoms with Gasteiger partial charge in [-0.2, -0.15) is 5.26 Å². The van der Waals surface area contributed by atoms with E-state index < -0.39 is 5.60 Å². The van der Waals surface area contributed by atoms with Gasteiger partial charge in [-0.1, -0.05) is 0 Å². The van der Waals surface area contributed by atoms with Gasteiger partial charge in [-0.05, 0) is 33.2 Å². The van der Waals surface area contributed by atoms with E-state index in [1.54, 1.807) is 0 Å². The lowest BCUT2D eigenvalue weighted by Crippen LogP contribution is -2.50. The molecule has 1 atom stereocenters. The van der Waals surface area contributed by atoms with Crippen LogP contribution in [0, 0.1) is 11.3 Å². The number of likely N-dealkylation sites (tertiary alicyclic amines) is 1. The van der Waals surface area contributed by atoms with Gasteiger partial charge >= 0.3 is 0 Å². The summed E-state index contributed by atoms with van der Waals surface area (Å²) in [5, 5.41) is 18.6. The van der Waals surface area contributed by atoms with E-state index in [1.807, 2.05) is 0 Å². The minimum atomic E-state index is -0.753. The van der Waals surface area contributed by atoms with E-state index in [1.165, 1.54) is 0 Å². The zero-order valence-corrected chi connectivity index (χ0v) is 8.45. The van der Waals surface area contributed by atoms with Gasteiger partial charge in [0.1, 0.15) is 0 Å². The van der Waals surface area contributed by atoms with Crippen LogP contribution in [-0.4, -0.2) is 34.7 Å². The molecule has 13 heavy (non-hydrogen) atoms. The fraction of sp³-hybridized carbons (Fsp3) is 0.900. The van der Waals surface area contributed by atoms with Crippen LogP contribution in [0.1, 0.15) is 33.1 Å². The molecule has 0 aromatic rings. The van der Waals surface area contributed by atoms with Gasteiger partial charge in [0, 0.05) is 12.6 Å². The van der Waals surface area contributed by atoms with Crippen molar-refractivity contribution >= 4 is 0 Å². The molecular formula is C10H18N2O. The van der Waals surface area contributed by atoms with Crippen molar-refractivity contribution < 1.29 is 5.11 Å². The summed E-state index contributed by atoms with van der Waals surface area (Å²) < 4.78 is 0. The standard InChI is InChI=1S/C10H18N2O/c1-9(2)12-7-3-4-10(13,8-12)5-6-11/h9,13H,3-5,7-8H2,1-2H3. The van der Waals surface area contributed by atoms with Crippen molar-refractivity contribution in [1.29, 1.82) is 5.26 Å². The highest BCUT2D eigenvalue weighted by Crippen LogP contribution is 2.25. The van der Waals surface area contributed by atoms with Crippen molar-refractivity contribution in [3.63, 3.8) is 0 Å². The second kappa shape index (κ2) is 4.08. The Hall–Kier alpha value is -0.590. The highest BCUT2D eigenvalue weighted by Gasteiger charge is 2.33. The predicted molar refractivity (Wildman–Crippen MR) is 51.1 cm³/mol. The third-order valence-electron chi connectivity index (χ3n) is 2.72. The topological polar surface area (TPSA) is 47.3 Å². The average molecular weight is 182 g/mol. The summed E-state index contributed by atoms with van der Waals surface area (Å²) >= 11 is 0.